The molecule has 0 N–H and O–H groups in total. The van der Waals surface area contributed by atoms with Crippen LogP contribution in [0.4, 0.5) is 0 Å². The van der Waals surface area contributed by atoms with E-state index in [0.29, 0.717) is 0 Å². The van der Waals surface area contributed by atoms with E-state index >= 15 is 0 Å². The van der Waals surface area contributed by atoms with Gasteiger partial charge in [-0.3, -0.25) is 14.4 Å². The molecule has 0 bridgehead atoms. The molecule has 1 heterocycles. The van der Waals surface area contributed by atoms with Gasteiger partial charge < -0.3 is 13.9 Å². The minimum absolute atomic E-state index is 0.247. The fraction of sp³-hybridized carbons (Fsp3) is 0.300. The molecule has 0 aromatic carbocycles. The highest BCUT2D eigenvalue weighted by Gasteiger charge is 2.17. The van der Waals surface area contributed by atoms with E-state index in [1.807, 2.05) is 0 Å². The largest absolute Gasteiger partial charge is 0.428 e. The van der Waals surface area contributed by atoms with Gasteiger partial charge in [0.2, 0.25) is 5.43 Å². The first kappa shape index (κ1) is 12.0. The minimum Gasteiger partial charge on any atom is -0.428 e. The average Bonchev–Trinajstić information content (AvgIpc) is 2.09. The molecule has 0 atom stereocenters. The first-order valence-corrected chi connectivity index (χ1v) is 4.41. The van der Waals surface area contributed by atoms with Crippen LogP contribution in [0.2, 0.25) is 0 Å². The highest BCUT2D eigenvalue weighted by molar-refractivity contribution is 5.72. The van der Waals surface area contributed by atoms with Crippen LogP contribution >= 0.6 is 0 Å². The van der Waals surface area contributed by atoms with Gasteiger partial charge in [-0.25, -0.2) is 0 Å². The van der Waals surface area contributed by atoms with Crippen molar-refractivity contribution in [2.24, 2.45) is 0 Å². The van der Waals surface area contributed by atoms with Gasteiger partial charge in [0.15, 0.2) is 0 Å². The van der Waals surface area contributed by atoms with Crippen molar-refractivity contribution in [1.82, 2.24) is 0 Å². The molecule has 0 saturated carbocycles. The van der Waals surface area contributed by atoms with Crippen molar-refractivity contribution < 1.29 is 23.5 Å². The summed E-state index contributed by atoms with van der Waals surface area (Å²) in [6.07, 6.45) is 0. The van der Waals surface area contributed by atoms with Gasteiger partial charge in [-0.05, 0) is 6.92 Å². The Morgan fingerprint density at radius 3 is 2.25 bits per heavy atom. The summed E-state index contributed by atoms with van der Waals surface area (Å²) < 4.78 is 14.2. The molecular weight excluding hydrogens is 216 g/mol. The van der Waals surface area contributed by atoms with E-state index in [9.17, 15) is 14.4 Å². The molecule has 6 heteroatoms. The first-order valence-electron chi connectivity index (χ1n) is 4.41. The van der Waals surface area contributed by atoms with Crippen molar-refractivity contribution >= 4 is 11.9 Å². The van der Waals surface area contributed by atoms with Gasteiger partial charge >= 0.3 is 17.9 Å². The third-order valence-corrected chi connectivity index (χ3v) is 1.48. The van der Waals surface area contributed by atoms with E-state index in [4.69, 9.17) is 4.42 Å². The van der Waals surface area contributed by atoms with Crippen LogP contribution in [0.25, 0.3) is 0 Å². The molecule has 6 nitrogen and oxygen atoms in total. The number of rotatable bonds is 2. The van der Waals surface area contributed by atoms with Crippen molar-refractivity contribution in [1.29, 1.82) is 0 Å². The second-order valence-corrected chi connectivity index (χ2v) is 3.03. The van der Waals surface area contributed by atoms with Crippen LogP contribution in [-0.2, 0) is 9.59 Å². The third kappa shape index (κ3) is 2.94. The first-order chi connectivity index (χ1) is 7.40. The Bertz CT molecular complexity index is 485. The van der Waals surface area contributed by atoms with Crippen molar-refractivity contribution in [3.8, 4) is 11.7 Å². The van der Waals surface area contributed by atoms with Crippen LogP contribution in [0.1, 0.15) is 19.6 Å². The predicted octanol–water partition coefficient (Wildman–Crippen LogP) is 0.799. The smallest absolute Gasteiger partial charge is 0.341 e. The summed E-state index contributed by atoms with van der Waals surface area (Å²) >= 11 is 0. The molecule has 0 fully saturated rings. The maximum Gasteiger partial charge on any atom is 0.341 e. The highest BCUT2D eigenvalue weighted by Crippen LogP contribution is 2.24. The van der Waals surface area contributed by atoms with Gasteiger partial charge in [0.1, 0.15) is 5.76 Å². The van der Waals surface area contributed by atoms with Gasteiger partial charge in [0.25, 0.3) is 5.75 Å². The van der Waals surface area contributed by atoms with E-state index in [1.165, 1.54) is 6.92 Å². The summed E-state index contributed by atoms with van der Waals surface area (Å²) in [5, 5.41) is 0. The summed E-state index contributed by atoms with van der Waals surface area (Å²) in [6.45, 7) is 3.77. The van der Waals surface area contributed by atoms with Gasteiger partial charge in [-0.15, -0.1) is 0 Å². The zero-order chi connectivity index (χ0) is 12.3. The molecule has 1 aromatic rings. The van der Waals surface area contributed by atoms with E-state index in [2.05, 4.69) is 9.47 Å². The van der Waals surface area contributed by atoms with Gasteiger partial charge in [0.05, 0.1) is 0 Å². The van der Waals surface area contributed by atoms with Crippen LogP contribution in [0.15, 0.2) is 15.3 Å². The van der Waals surface area contributed by atoms with Crippen molar-refractivity contribution in [3.63, 3.8) is 0 Å². The monoisotopic (exact) mass is 226 g/mol. The molecule has 16 heavy (non-hydrogen) atoms. The minimum atomic E-state index is -0.704. The Morgan fingerprint density at radius 1 is 1.19 bits per heavy atom. The normalized spacial score (nSPS) is 9.69. The quantitative estimate of drug-likeness (QED) is 0.693. The number of hydrogen-bond donors (Lipinski definition) is 0. The van der Waals surface area contributed by atoms with Crippen molar-refractivity contribution in [2.75, 3.05) is 0 Å². The molecule has 0 aliphatic rings. The summed E-state index contributed by atoms with van der Waals surface area (Å²) in [5.41, 5.74) is -0.588. The number of esters is 2. The maximum absolute atomic E-state index is 11.4. The molecule has 86 valence electrons. The summed E-state index contributed by atoms with van der Waals surface area (Å²) in [4.78, 5) is 32.9. The number of hydrogen-bond acceptors (Lipinski definition) is 6. The molecule has 0 saturated heterocycles. The third-order valence-electron chi connectivity index (χ3n) is 1.48. The van der Waals surface area contributed by atoms with E-state index in [0.717, 1.165) is 19.9 Å². The molecule has 1 rings (SSSR count). The number of ether oxygens (including phenoxy) is 2. The summed E-state index contributed by atoms with van der Waals surface area (Å²) in [5.74, 6) is -1.97. The van der Waals surface area contributed by atoms with Crippen LogP contribution in [0, 0.1) is 6.92 Å². The van der Waals surface area contributed by atoms with E-state index in [-0.39, 0.29) is 5.76 Å². The van der Waals surface area contributed by atoms with Gasteiger partial charge in [-0.2, -0.15) is 0 Å². The molecule has 0 radical (unpaired) electrons. The number of carbonyl (C=O) groups is 2. The topological polar surface area (TPSA) is 82.8 Å². The fourth-order valence-corrected chi connectivity index (χ4v) is 1.01. The molecule has 1 aromatic heterocycles. The number of aryl methyl sites for hydroxylation is 1. The Hall–Kier alpha value is -2.11. The Balaban J connectivity index is 3.26. The fourth-order valence-electron chi connectivity index (χ4n) is 1.01. The second-order valence-electron chi connectivity index (χ2n) is 3.03. The lowest BCUT2D eigenvalue weighted by atomic mass is 10.4. The number of carbonyl (C=O) groups excluding carboxylic acids is 2. The lowest BCUT2D eigenvalue weighted by molar-refractivity contribution is -0.135. The SMILES string of the molecule is CC(=O)Oc1oc(C)cc(=O)c1OC(C)=O. The zero-order valence-electron chi connectivity index (χ0n) is 9.03. The van der Waals surface area contributed by atoms with Crippen LogP contribution in [-0.4, -0.2) is 11.9 Å². The summed E-state index contributed by atoms with van der Waals surface area (Å²) in [6, 6.07) is 1.13. The summed E-state index contributed by atoms with van der Waals surface area (Å²) in [7, 11) is 0. The average molecular weight is 226 g/mol. The molecule has 0 aliphatic carbocycles. The standard InChI is InChI=1S/C10H10O6/c1-5-4-8(13)9(15-6(2)11)10(14-5)16-7(3)12/h4H,1-3H3. The molecule has 0 aliphatic heterocycles. The van der Waals surface area contributed by atoms with Crippen LogP contribution < -0.4 is 14.9 Å². The molecular formula is C10H10O6. The lowest BCUT2D eigenvalue weighted by Crippen LogP contribution is -2.14. The van der Waals surface area contributed by atoms with Crippen LogP contribution in [0.5, 0.6) is 11.7 Å². The Labute approximate surface area is 90.8 Å². The highest BCUT2D eigenvalue weighted by atomic mass is 16.6. The zero-order valence-corrected chi connectivity index (χ0v) is 9.03. The lowest BCUT2D eigenvalue weighted by Gasteiger charge is -2.06. The second kappa shape index (κ2) is 4.61. The molecule has 0 spiro atoms. The molecule has 0 unspecified atom stereocenters. The molecule has 0 amide bonds. The van der Waals surface area contributed by atoms with Crippen molar-refractivity contribution in [3.05, 3.63) is 22.0 Å². The Morgan fingerprint density at radius 2 is 1.75 bits per heavy atom. The maximum atomic E-state index is 11.4. The van der Waals surface area contributed by atoms with Crippen molar-refractivity contribution in [2.45, 2.75) is 20.8 Å². The van der Waals surface area contributed by atoms with Gasteiger partial charge in [0, 0.05) is 19.9 Å². The Kier molecular flexibility index (Phi) is 3.44. The van der Waals surface area contributed by atoms with E-state index < -0.39 is 29.1 Å². The van der Waals surface area contributed by atoms with Gasteiger partial charge in [-0.1, -0.05) is 0 Å². The van der Waals surface area contributed by atoms with Crippen LogP contribution in [0.3, 0.4) is 0 Å². The predicted molar refractivity (Wildman–Crippen MR) is 52.3 cm³/mol. The van der Waals surface area contributed by atoms with E-state index in [1.54, 1.807) is 0 Å².